The molecule has 0 fully saturated rings. The molecule has 0 unspecified atom stereocenters. The minimum atomic E-state index is -5.04. The second-order valence-corrected chi connectivity index (χ2v) is 3.88. The van der Waals surface area contributed by atoms with E-state index in [-0.39, 0.29) is 51.4 Å². The largest absolute Gasteiger partial charge is 1.00 e. The first kappa shape index (κ1) is 16.7. The molecule has 94 valence electrons. The third-order valence-corrected chi connectivity index (χ3v) is 2.46. The Morgan fingerprint density at radius 2 is 2.00 bits per heavy atom. The Hall–Kier alpha value is -0.339. The maximum Gasteiger partial charge on any atom is 1.00 e. The second-order valence-electron chi connectivity index (χ2n) is 3.88. The van der Waals surface area contributed by atoms with Gasteiger partial charge >= 0.3 is 58.4 Å². The van der Waals surface area contributed by atoms with Gasteiger partial charge in [0.15, 0.2) is 0 Å². The summed E-state index contributed by atoms with van der Waals surface area (Å²) in [5.41, 5.74) is -0.172. The minimum absolute atomic E-state index is 0. The van der Waals surface area contributed by atoms with Crippen molar-refractivity contribution in [2.24, 2.45) is 0 Å². The van der Waals surface area contributed by atoms with Gasteiger partial charge in [-0.15, -0.1) is 12.1 Å². The summed E-state index contributed by atoms with van der Waals surface area (Å²) < 4.78 is 41.9. The number of benzene rings is 1. The number of halogens is 3. The van der Waals surface area contributed by atoms with E-state index in [1.165, 1.54) is 0 Å². The average Bonchev–Trinajstić information content (AvgIpc) is 2.34. The fourth-order valence-electron chi connectivity index (χ4n) is 1.41. The summed E-state index contributed by atoms with van der Waals surface area (Å²) in [6.45, 7) is -2.63. The molecule has 0 atom stereocenters. The molecule has 0 spiro atoms. The third-order valence-electron chi connectivity index (χ3n) is 2.46. The maximum atomic E-state index is 12.3. The normalized spacial score (nSPS) is 10.9. The van der Waals surface area contributed by atoms with Crippen molar-refractivity contribution in [2.45, 2.75) is 0 Å². The first-order valence-electron chi connectivity index (χ1n) is 5.32. The van der Waals surface area contributed by atoms with Crippen LogP contribution < -0.4 is 56.1 Å². The Kier molecular flexibility index (Phi) is 6.07. The zero-order valence-electron chi connectivity index (χ0n) is 10.4. The molecule has 0 saturated carbocycles. The molecule has 2 rings (SSSR count). The molecule has 1 aromatic heterocycles. The topological polar surface area (TPSA) is 22.1 Å². The Bertz CT molecular complexity index is 588. The Balaban J connectivity index is 0.00000180. The maximum absolute atomic E-state index is 12.3. The fourth-order valence-corrected chi connectivity index (χ4v) is 1.41. The molecule has 0 amide bonds. The van der Waals surface area contributed by atoms with Crippen molar-refractivity contribution in [1.29, 1.82) is 0 Å². The second kappa shape index (κ2) is 6.90. The molecule has 19 heavy (non-hydrogen) atoms. The van der Waals surface area contributed by atoms with Crippen LogP contribution in [0.2, 0.25) is 0 Å². The molecule has 1 aromatic carbocycles. The van der Waals surface area contributed by atoms with Crippen LogP contribution in [0.25, 0.3) is 10.9 Å². The van der Waals surface area contributed by atoms with Gasteiger partial charge in [0.05, 0.1) is 12.1 Å². The zero-order chi connectivity index (χ0) is 13.2. The smallest absolute Gasteiger partial charge is 0.492 e. The van der Waals surface area contributed by atoms with Gasteiger partial charge in [0.25, 0.3) is 0 Å². The van der Waals surface area contributed by atoms with Crippen molar-refractivity contribution in [1.82, 2.24) is 4.98 Å². The van der Waals surface area contributed by atoms with Crippen LogP contribution in [0, 0.1) is 0 Å². The Labute approximate surface area is 151 Å². The van der Waals surface area contributed by atoms with E-state index in [9.17, 15) is 12.9 Å². The van der Waals surface area contributed by atoms with Crippen LogP contribution in [0.1, 0.15) is 0 Å². The van der Waals surface area contributed by atoms with Gasteiger partial charge in [0.2, 0.25) is 0 Å². The summed E-state index contributed by atoms with van der Waals surface area (Å²) in [7, 11) is 0. The predicted molar refractivity (Wildman–Crippen MR) is 65.5 cm³/mol. The quantitative estimate of drug-likeness (QED) is 0.768. The van der Waals surface area contributed by atoms with Crippen molar-refractivity contribution < 1.29 is 69.1 Å². The first-order valence-corrected chi connectivity index (χ1v) is 5.32. The monoisotopic (exact) mass is 291 g/mol. The van der Waals surface area contributed by atoms with Gasteiger partial charge < -0.3 is 17.7 Å². The van der Waals surface area contributed by atoms with Crippen molar-refractivity contribution in [2.75, 3.05) is 6.61 Å². The molecule has 0 N–H and O–H groups in total. The van der Waals surface area contributed by atoms with Gasteiger partial charge in [0.1, 0.15) is 5.75 Å². The van der Waals surface area contributed by atoms with E-state index in [4.69, 9.17) is 4.74 Å². The van der Waals surface area contributed by atoms with E-state index in [2.05, 4.69) is 11.6 Å². The van der Waals surface area contributed by atoms with Gasteiger partial charge in [-0.2, -0.15) is 0 Å². The number of rotatable bonds is 4. The molecule has 0 bridgehead atoms. The van der Waals surface area contributed by atoms with Crippen LogP contribution in [0.4, 0.5) is 12.9 Å². The van der Waals surface area contributed by atoms with E-state index in [0.29, 0.717) is 11.3 Å². The van der Waals surface area contributed by atoms with Gasteiger partial charge in [-0.3, -0.25) is 4.98 Å². The number of hydrogen-bond donors (Lipinski definition) is 0. The summed E-state index contributed by atoms with van der Waals surface area (Å²) in [4.78, 5) is 4.10. The van der Waals surface area contributed by atoms with Crippen LogP contribution >= 0.6 is 0 Å². The van der Waals surface area contributed by atoms with Crippen LogP contribution in [-0.4, -0.2) is 18.6 Å². The number of aromatic nitrogens is 1. The summed E-state index contributed by atoms with van der Waals surface area (Å²) >= 11 is 0. The summed E-state index contributed by atoms with van der Waals surface area (Å²) in [5, 5.41) is 0.906. The Morgan fingerprint density at radius 3 is 2.68 bits per heavy atom. The number of ether oxygens (including phenoxy) is 1. The molecule has 1 heterocycles. The Morgan fingerprint density at radius 1 is 1.26 bits per heavy atom. The minimum Gasteiger partial charge on any atom is -0.492 e. The van der Waals surface area contributed by atoms with Gasteiger partial charge in [-0.05, 0) is 18.2 Å². The molecular formula is C12H10BF3KNO. The molecule has 0 saturated heterocycles. The first-order chi connectivity index (χ1) is 8.47. The van der Waals surface area contributed by atoms with Crippen LogP contribution in [0.15, 0.2) is 48.6 Å². The molecule has 0 radical (unpaired) electrons. The molecule has 0 aliphatic heterocycles. The third kappa shape index (κ3) is 4.61. The molecule has 0 aliphatic rings. The van der Waals surface area contributed by atoms with Gasteiger partial charge in [0, 0.05) is 17.6 Å². The van der Waals surface area contributed by atoms with Gasteiger partial charge in [-0.1, -0.05) is 6.07 Å². The number of pyridine rings is 1. The standard InChI is InChI=1S/C12H10BF3NO.K/c1-9(13(14,15)16)8-18-11-5-4-10-3-2-6-17-12(10)7-11;/h2-7H,1,8H2;/q-1;+1. The molecular weight excluding hydrogens is 281 g/mol. The predicted octanol–water partition coefficient (Wildman–Crippen LogP) is 0.560. The number of hydrogen-bond acceptors (Lipinski definition) is 2. The SMILES string of the molecule is C=C(COc1ccc2cccnc2c1)[B-](F)(F)F.[K+]. The van der Waals surface area contributed by atoms with Crippen LogP contribution in [0.3, 0.4) is 0 Å². The summed E-state index contributed by atoms with van der Waals surface area (Å²) in [6.07, 6.45) is 1.61. The van der Waals surface area contributed by atoms with E-state index >= 15 is 0 Å². The van der Waals surface area contributed by atoms with Crippen molar-refractivity contribution in [3.8, 4) is 5.75 Å². The van der Waals surface area contributed by atoms with E-state index < -0.39 is 19.1 Å². The number of fused-ring (bicyclic) bond motifs is 1. The van der Waals surface area contributed by atoms with Crippen LogP contribution in [-0.2, 0) is 0 Å². The van der Waals surface area contributed by atoms with Crippen molar-refractivity contribution in [3.05, 3.63) is 48.6 Å². The summed E-state index contributed by atoms with van der Waals surface area (Å²) in [5.74, 6) is 0.349. The fraction of sp³-hybridized carbons (Fsp3) is 0.0833. The van der Waals surface area contributed by atoms with E-state index in [1.54, 1.807) is 30.5 Å². The van der Waals surface area contributed by atoms with E-state index in [0.717, 1.165) is 5.39 Å². The molecule has 2 aromatic rings. The molecule has 0 aliphatic carbocycles. The van der Waals surface area contributed by atoms with Crippen LogP contribution in [0.5, 0.6) is 5.75 Å². The van der Waals surface area contributed by atoms with Gasteiger partial charge in [-0.25, -0.2) is 0 Å². The average molecular weight is 291 g/mol. The van der Waals surface area contributed by atoms with Crippen molar-refractivity contribution >= 4 is 17.9 Å². The summed E-state index contributed by atoms with van der Waals surface area (Å²) in [6, 6.07) is 8.62. The number of nitrogens with zero attached hydrogens (tertiary/aromatic N) is 1. The molecule has 2 nitrogen and oxygen atoms in total. The zero-order valence-corrected chi connectivity index (χ0v) is 13.6. The molecule has 7 heteroatoms. The van der Waals surface area contributed by atoms with E-state index in [1.807, 2.05) is 6.07 Å². The van der Waals surface area contributed by atoms with Crippen molar-refractivity contribution in [3.63, 3.8) is 0 Å².